The topological polar surface area (TPSA) is 128 Å². The lowest BCUT2D eigenvalue weighted by Gasteiger charge is -2.37. The normalized spacial score (nSPS) is 26.3. The molecular weight excluding hydrogens is 306 g/mol. The number of aliphatic hydroxyl groups excluding tert-OH is 2. The molecule has 3 atom stereocenters. The summed E-state index contributed by atoms with van der Waals surface area (Å²) in [4.78, 5) is 21.9. The van der Waals surface area contributed by atoms with Gasteiger partial charge in [0.15, 0.2) is 12.2 Å². The van der Waals surface area contributed by atoms with Crippen molar-refractivity contribution in [1.82, 2.24) is 4.90 Å². The third-order valence-corrected chi connectivity index (χ3v) is 4.25. The Morgan fingerprint density at radius 2 is 1.65 bits per heavy atom. The highest BCUT2D eigenvalue weighted by Gasteiger charge is 2.42. The number of carboxylic acids is 2. The third-order valence-electron chi connectivity index (χ3n) is 4.25. The molecule has 0 bridgehead atoms. The van der Waals surface area contributed by atoms with Crippen LogP contribution in [-0.2, 0) is 14.3 Å². The molecule has 8 heteroatoms. The van der Waals surface area contributed by atoms with Gasteiger partial charge in [-0.3, -0.25) is 0 Å². The first-order valence-electron chi connectivity index (χ1n) is 7.44. The van der Waals surface area contributed by atoms with E-state index in [1.165, 1.54) is 31.5 Å². The number of hydrogen-bond acceptors (Lipinski definition) is 6. The van der Waals surface area contributed by atoms with Crippen molar-refractivity contribution in [2.75, 3.05) is 20.1 Å². The number of likely N-dealkylation sites (tertiary alicyclic amines) is 1. The molecule has 0 aromatic heterocycles. The molecule has 2 saturated heterocycles. The van der Waals surface area contributed by atoms with E-state index in [4.69, 9.17) is 25.2 Å². The molecule has 0 saturated carbocycles. The summed E-state index contributed by atoms with van der Waals surface area (Å²) in [6, 6.07) is 0. The standard InChI is InChI=1S/C11H19NO.C4H6O6/c1-9-8-11(13-10(9)2)4-6-12(3)7-5-11;5-1(3(7)8)2(6)4(9)10/h10H,1,4-8H2,2-3H3;1-2,5-6H,(H,7,8)(H,9,10)/t10-;/m0./s1. The Morgan fingerprint density at radius 3 is 1.96 bits per heavy atom. The zero-order chi connectivity index (χ0) is 17.8. The Labute approximate surface area is 135 Å². The minimum absolute atomic E-state index is 0.156. The number of carboxylic acid groups (broad SMARTS) is 2. The van der Waals surface area contributed by atoms with Crippen LogP contribution in [0.5, 0.6) is 0 Å². The number of piperidine rings is 1. The average Bonchev–Trinajstić information content (AvgIpc) is 2.76. The molecule has 0 radical (unpaired) electrons. The van der Waals surface area contributed by atoms with Crippen molar-refractivity contribution in [1.29, 1.82) is 0 Å². The Morgan fingerprint density at radius 1 is 1.22 bits per heavy atom. The van der Waals surface area contributed by atoms with E-state index in [2.05, 4.69) is 25.5 Å². The summed E-state index contributed by atoms with van der Waals surface area (Å²) >= 11 is 0. The van der Waals surface area contributed by atoms with E-state index in [9.17, 15) is 9.59 Å². The summed E-state index contributed by atoms with van der Waals surface area (Å²) in [5, 5.41) is 32.5. The van der Waals surface area contributed by atoms with Crippen molar-refractivity contribution < 1.29 is 34.8 Å². The number of ether oxygens (including phenoxy) is 1. The highest BCUT2D eigenvalue weighted by molar-refractivity contribution is 5.83. The summed E-state index contributed by atoms with van der Waals surface area (Å²) in [7, 11) is 2.18. The van der Waals surface area contributed by atoms with Gasteiger partial charge in [0.25, 0.3) is 0 Å². The Kier molecular flexibility index (Phi) is 6.69. The fraction of sp³-hybridized carbons (Fsp3) is 0.733. The molecule has 1 spiro atoms. The quantitative estimate of drug-likeness (QED) is 0.519. The summed E-state index contributed by atoms with van der Waals surface area (Å²) in [5.74, 6) is -3.54. The van der Waals surface area contributed by atoms with E-state index < -0.39 is 24.1 Å². The maximum Gasteiger partial charge on any atom is 0.335 e. The van der Waals surface area contributed by atoms with E-state index in [0.29, 0.717) is 0 Å². The van der Waals surface area contributed by atoms with Gasteiger partial charge in [-0.2, -0.15) is 0 Å². The van der Waals surface area contributed by atoms with Gasteiger partial charge in [0.2, 0.25) is 0 Å². The van der Waals surface area contributed by atoms with Gasteiger partial charge in [0.1, 0.15) is 0 Å². The van der Waals surface area contributed by atoms with Gasteiger partial charge >= 0.3 is 11.9 Å². The van der Waals surface area contributed by atoms with Crippen LogP contribution in [0.1, 0.15) is 26.2 Å². The van der Waals surface area contributed by atoms with Gasteiger partial charge < -0.3 is 30.1 Å². The van der Waals surface area contributed by atoms with Crippen LogP contribution in [0.15, 0.2) is 12.2 Å². The van der Waals surface area contributed by atoms with E-state index in [1.807, 2.05) is 0 Å². The second-order valence-corrected chi connectivity index (χ2v) is 6.15. The van der Waals surface area contributed by atoms with E-state index >= 15 is 0 Å². The lowest BCUT2D eigenvalue weighted by molar-refractivity contribution is -0.165. The number of rotatable bonds is 3. The first kappa shape index (κ1) is 19.6. The largest absolute Gasteiger partial charge is 0.479 e. The smallest absolute Gasteiger partial charge is 0.335 e. The molecule has 0 aliphatic carbocycles. The molecule has 8 nitrogen and oxygen atoms in total. The van der Waals surface area contributed by atoms with Gasteiger partial charge in [0, 0.05) is 13.1 Å². The molecule has 2 fully saturated rings. The second kappa shape index (κ2) is 7.87. The van der Waals surface area contributed by atoms with Crippen molar-refractivity contribution in [3.63, 3.8) is 0 Å². The summed E-state index contributed by atoms with van der Waals surface area (Å²) in [5.41, 5.74) is 1.44. The molecule has 0 amide bonds. The van der Waals surface area contributed by atoms with Gasteiger partial charge in [-0.05, 0) is 38.8 Å². The Balaban J connectivity index is 0.000000241. The number of aliphatic hydroxyl groups is 2. The molecular formula is C15H25NO7. The molecule has 2 aliphatic heterocycles. The van der Waals surface area contributed by atoms with E-state index in [-0.39, 0.29) is 11.7 Å². The summed E-state index contributed by atoms with van der Waals surface area (Å²) in [6.07, 6.45) is -0.819. The van der Waals surface area contributed by atoms with Crippen molar-refractivity contribution >= 4 is 11.9 Å². The van der Waals surface area contributed by atoms with Crippen molar-refractivity contribution in [3.8, 4) is 0 Å². The fourth-order valence-corrected chi connectivity index (χ4v) is 2.65. The van der Waals surface area contributed by atoms with Crippen LogP contribution >= 0.6 is 0 Å². The molecule has 2 aliphatic rings. The van der Waals surface area contributed by atoms with Crippen LogP contribution in [0.3, 0.4) is 0 Å². The summed E-state index contributed by atoms with van der Waals surface area (Å²) < 4.78 is 6.02. The van der Waals surface area contributed by atoms with Crippen molar-refractivity contribution in [2.24, 2.45) is 0 Å². The van der Waals surface area contributed by atoms with Crippen LogP contribution in [-0.4, -0.2) is 81.3 Å². The third kappa shape index (κ3) is 5.28. The lowest BCUT2D eigenvalue weighted by Crippen LogP contribution is -2.42. The number of carbonyl (C=O) groups is 2. The zero-order valence-electron chi connectivity index (χ0n) is 13.4. The molecule has 0 aromatic carbocycles. The maximum absolute atomic E-state index is 9.77. The van der Waals surface area contributed by atoms with Crippen molar-refractivity contribution in [3.05, 3.63) is 12.2 Å². The average molecular weight is 331 g/mol. The van der Waals surface area contributed by atoms with Gasteiger partial charge in [-0.15, -0.1) is 0 Å². The number of hydrogen-bond donors (Lipinski definition) is 4. The molecule has 2 rings (SSSR count). The molecule has 23 heavy (non-hydrogen) atoms. The monoisotopic (exact) mass is 331 g/mol. The molecule has 0 aromatic rings. The first-order chi connectivity index (χ1) is 10.6. The first-order valence-corrected chi connectivity index (χ1v) is 7.44. The lowest BCUT2D eigenvalue weighted by atomic mass is 9.87. The molecule has 2 heterocycles. The van der Waals surface area contributed by atoms with Crippen LogP contribution in [0.25, 0.3) is 0 Å². The van der Waals surface area contributed by atoms with E-state index in [0.717, 1.165) is 6.42 Å². The minimum atomic E-state index is -2.27. The van der Waals surface area contributed by atoms with Gasteiger partial charge in [-0.25, -0.2) is 9.59 Å². The highest BCUT2D eigenvalue weighted by atomic mass is 16.5. The van der Waals surface area contributed by atoms with Crippen molar-refractivity contribution in [2.45, 2.75) is 50.1 Å². The molecule has 2 unspecified atom stereocenters. The predicted molar refractivity (Wildman–Crippen MR) is 81.1 cm³/mol. The summed E-state index contributed by atoms with van der Waals surface area (Å²) in [6.45, 7) is 8.52. The highest BCUT2D eigenvalue weighted by Crippen LogP contribution is 2.40. The predicted octanol–water partition coefficient (Wildman–Crippen LogP) is -0.307. The SMILES string of the molecule is C=C1CC2(CCN(C)CC2)O[C@H]1C.O=C(O)C(O)C(O)C(=O)O. The van der Waals surface area contributed by atoms with E-state index in [1.54, 1.807) is 0 Å². The van der Waals surface area contributed by atoms with Crippen LogP contribution in [0.2, 0.25) is 0 Å². The number of nitrogens with zero attached hydrogens (tertiary/aromatic N) is 1. The maximum atomic E-state index is 9.77. The number of aliphatic carboxylic acids is 2. The zero-order valence-corrected chi connectivity index (χ0v) is 13.4. The van der Waals surface area contributed by atoms with Crippen LogP contribution < -0.4 is 0 Å². The minimum Gasteiger partial charge on any atom is -0.479 e. The Bertz CT molecular complexity index is 439. The molecule has 132 valence electrons. The second-order valence-electron chi connectivity index (χ2n) is 6.15. The Hall–Kier alpha value is -1.48. The van der Waals surface area contributed by atoms with Gasteiger partial charge in [-0.1, -0.05) is 6.58 Å². The van der Waals surface area contributed by atoms with Crippen LogP contribution in [0, 0.1) is 0 Å². The molecule has 4 N–H and O–H groups in total. The van der Waals surface area contributed by atoms with Crippen LogP contribution in [0.4, 0.5) is 0 Å². The van der Waals surface area contributed by atoms with Gasteiger partial charge in [0.05, 0.1) is 11.7 Å². The fourth-order valence-electron chi connectivity index (χ4n) is 2.65.